The van der Waals surface area contributed by atoms with Crippen LogP contribution in [0.2, 0.25) is 0 Å². The van der Waals surface area contributed by atoms with Crippen LogP contribution in [0.3, 0.4) is 0 Å². The molecule has 19 heavy (non-hydrogen) atoms. The lowest BCUT2D eigenvalue weighted by Gasteiger charge is -2.45. The quantitative estimate of drug-likeness (QED) is 0.794. The Morgan fingerprint density at radius 2 is 1.95 bits per heavy atom. The van der Waals surface area contributed by atoms with Crippen molar-refractivity contribution in [2.24, 2.45) is 0 Å². The van der Waals surface area contributed by atoms with Crippen LogP contribution < -0.4 is 5.32 Å². The highest BCUT2D eigenvalue weighted by Crippen LogP contribution is 2.28. The average molecular weight is 283 g/mol. The van der Waals surface area contributed by atoms with Crippen LogP contribution in [0, 0.1) is 6.92 Å². The van der Waals surface area contributed by atoms with Gasteiger partial charge >= 0.3 is 0 Å². The van der Waals surface area contributed by atoms with Crippen molar-refractivity contribution in [2.75, 3.05) is 20.6 Å². The normalized spacial score (nSPS) is 14.1. The Morgan fingerprint density at radius 3 is 2.32 bits per heavy atom. The molecule has 0 spiro atoms. The second-order valence-electron chi connectivity index (χ2n) is 5.40. The van der Waals surface area contributed by atoms with Gasteiger partial charge in [0.15, 0.2) is 0 Å². The Kier molecular flexibility index (Phi) is 6.43. The highest BCUT2D eigenvalue weighted by atomic mass is 32.1. The fraction of sp³-hybridized carbons (Fsp3) is 0.800. The maximum atomic E-state index is 4.63. The number of hydrogen-bond donors (Lipinski definition) is 1. The Labute approximate surface area is 122 Å². The van der Waals surface area contributed by atoms with Crippen LogP contribution in [0.5, 0.6) is 0 Å². The summed E-state index contributed by atoms with van der Waals surface area (Å²) in [4.78, 5) is 7.02. The average Bonchev–Trinajstić information content (AvgIpc) is 2.77. The predicted octanol–water partition coefficient (Wildman–Crippen LogP) is 3.09. The Morgan fingerprint density at radius 1 is 1.32 bits per heavy atom. The Balaban J connectivity index is 2.96. The second-order valence-corrected chi connectivity index (χ2v) is 6.34. The maximum absolute atomic E-state index is 4.63. The third kappa shape index (κ3) is 3.77. The zero-order valence-electron chi connectivity index (χ0n) is 13.3. The highest BCUT2D eigenvalue weighted by Gasteiger charge is 2.37. The van der Waals surface area contributed by atoms with Gasteiger partial charge in [-0.1, -0.05) is 20.8 Å². The van der Waals surface area contributed by atoms with E-state index in [1.807, 2.05) is 0 Å². The number of likely N-dealkylation sites (N-methyl/N-ethyl adjacent to an activating group) is 2. The number of aryl methyl sites for hydroxylation is 1. The summed E-state index contributed by atoms with van der Waals surface area (Å²) in [5, 5.41) is 7.08. The van der Waals surface area contributed by atoms with E-state index in [2.05, 4.69) is 62.4 Å². The van der Waals surface area contributed by atoms with Gasteiger partial charge in [0.2, 0.25) is 0 Å². The molecule has 0 aliphatic rings. The molecule has 1 heterocycles. The largest absolute Gasteiger partial charge is 0.312 e. The van der Waals surface area contributed by atoms with Gasteiger partial charge in [-0.15, -0.1) is 11.3 Å². The molecule has 0 aromatic carbocycles. The molecule has 0 amide bonds. The first-order valence-electron chi connectivity index (χ1n) is 7.31. The number of nitrogens with one attached hydrogen (secondary N) is 1. The number of thiazole rings is 1. The number of rotatable bonds is 8. The van der Waals surface area contributed by atoms with Gasteiger partial charge in [-0.25, -0.2) is 4.98 Å². The lowest BCUT2D eigenvalue weighted by atomic mass is 9.81. The topological polar surface area (TPSA) is 28.2 Å². The van der Waals surface area contributed by atoms with E-state index in [1.165, 1.54) is 5.01 Å². The maximum Gasteiger partial charge on any atom is 0.0944 e. The lowest BCUT2D eigenvalue weighted by molar-refractivity contribution is 0.0889. The van der Waals surface area contributed by atoms with Crippen molar-refractivity contribution in [3.63, 3.8) is 0 Å². The summed E-state index contributed by atoms with van der Waals surface area (Å²) in [6.45, 7) is 9.85. The molecule has 0 radical (unpaired) electrons. The fourth-order valence-electron chi connectivity index (χ4n) is 3.06. The molecule has 1 unspecified atom stereocenters. The van der Waals surface area contributed by atoms with Crippen molar-refractivity contribution in [1.82, 2.24) is 15.2 Å². The lowest BCUT2D eigenvalue weighted by Crippen LogP contribution is -2.59. The second kappa shape index (κ2) is 7.36. The summed E-state index contributed by atoms with van der Waals surface area (Å²) >= 11 is 1.78. The molecule has 0 aliphatic carbocycles. The van der Waals surface area contributed by atoms with Gasteiger partial charge in [0.25, 0.3) is 0 Å². The van der Waals surface area contributed by atoms with Crippen molar-refractivity contribution in [3.8, 4) is 0 Å². The summed E-state index contributed by atoms with van der Waals surface area (Å²) in [6.07, 6.45) is 3.32. The van der Waals surface area contributed by atoms with Gasteiger partial charge in [-0.05, 0) is 40.4 Å². The molecule has 0 saturated carbocycles. The summed E-state index contributed by atoms with van der Waals surface area (Å²) in [7, 11) is 4.40. The number of hydrogen-bond acceptors (Lipinski definition) is 4. The summed E-state index contributed by atoms with van der Waals surface area (Å²) in [5.74, 6) is 0. The van der Waals surface area contributed by atoms with E-state index in [1.54, 1.807) is 11.3 Å². The van der Waals surface area contributed by atoms with E-state index in [9.17, 15) is 0 Å². The summed E-state index contributed by atoms with van der Waals surface area (Å²) in [6, 6.07) is 0.452. The molecule has 1 rings (SSSR count). The summed E-state index contributed by atoms with van der Waals surface area (Å²) < 4.78 is 0. The first-order chi connectivity index (χ1) is 9.00. The molecule has 0 saturated heterocycles. The van der Waals surface area contributed by atoms with Crippen molar-refractivity contribution in [3.05, 3.63) is 16.1 Å². The van der Waals surface area contributed by atoms with Crippen molar-refractivity contribution in [2.45, 2.75) is 58.5 Å². The van der Waals surface area contributed by atoms with Crippen molar-refractivity contribution < 1.29 is 0 Å². The van der Waals surface area contributed by atoms with E-state index >= 15 is 0 Å². The zero-order valence-corrected chi connectivity index (χ0v) is 14.1. The minimum atomic E-state index is 0.204. The molecule has 0 aliphatic heterocycles. The van der Waals surface area contributed by atoms with Crippen LogP contribution in [0.1, 0.15) is 44.3 Å². The van der Waals surface area contributed by atoms with Crippen molar-refractivity contribution in [1.29, 1.82) is 0 Å². The van der Waals surface area contributed by atoms with Crippen LogP contribution in [0.25, 0.3) is 0 Å². The molecule has 1 aromatic heterocycles. The zero-order chi connectivity index (χ0) is 14.5. The van der Waals surface area contributed by atoms with Crippen molar-refractivity contribution >= 4 is 11.3 Å². The Hall–Kier alpha value is -0.450. The minimum absolute atomic E-state index is 0.204. The van der Waals surface area contributed by atoms with Gasteiger partial charge in [-0.3, -0.25) is 0 Å². The predicted molar refractivity (Wildman–Crippen MR) is 85.0 cm³/mol. The van der Waals surface area contributed by atoms with Gasteiger partial charge in [-0.2, -0.15) is 0 Å². The molecule has 110 valence electrons. The van der Waals surface area contributed by atoms with Gasteiger partial charge in [0, 0.05) is 29.1 Å². The third-order valence-corrected chi connectivity index (χ3v) is 5.25. The first-order valence-corrected chi connectivity index (χ1v) is 8.19. The SMILES string of the molecule is CCNC(Cc1nc(C)cs1)C(CC)(CC)N(C)C. The van der Waals surface area contributed by atoms with E-state index in [0.29, 0.717) is 6.04 Å². The minimum Gasteiger partial charge on any atom is -0.312 e. The molecule has 1 N–H and O–H groups in total. The van der Waals surface area contributed by atoms with E-state index in [-0.39, 0.29) is 5.54 Å². The van der Waals surface area contributed by atoms with Crippen LogP contribution in [0.4, 0.5) is 0 Å². The molecule has 0 fully saturated rings. The van der Waals surface area contributed by atoms with Gasteiger partial charge in [0.05, 0.1) is 5.01 Å². The smallest absolute Gasteiger partial charge is 0.0944 e. The van der Waals surface area contributed by atoms with Crippen LogP contribution in [0.15, 0.2) is 5.38 Å². The monoisotopic (exact) mass is 283 g/mol. The van der Waals surface area contributed by atoms with Gasteiger partial charge < -0.3 is 10.2 Å². The van der Waals surface area contributed by atoms with E-state index in [4.69, 9.17) is 0 Å². The molecular formula is C15H29N3S. The van der Waals surface area contributed by atoms with Crippen LogP contribution in [-0.2, 0) is 6.42 Å². The van der Waals surface area contributed by atoms with E-state index in [0.717, 1.165) is 31.5 Å². The number of nitrogens with zero attached hydrogens (tertiary/aromatic N) is 2. The molecule has 0 bridgehead atoms. The van der Waals surface area contributed by atoms with E-state index < -0.39 is 0 Å². The van der Waals surface area contributed by atoms with Gasteiger partial charge in [0.1, 0.15) is 0 Å². The molecular weight excluding hydrogens is 254 g/mol. The molecule has 1 aromatic rings. The first kappa shape index (κ1) is 16.6. The van der Waals surface area contributed by atoms with Crippen LogP contribution in [-0.4, -0.2) is 42.1 Å². The molecule has 3 nitrogen and oxygen atoms in total. The summed E-state index contributed by atoms with van der Waals surface area (Å²) in [5.41, 5.74) is 1.34. The third-order valence-electron chi connectivity index (χ3n) is 4.26. The Bertz CT molecular complexity index is 369. The number of aromatic nitrogens is 1. The molecule has 1 atom stereocenters. The molecule has 4 heteroatoms. The fourth-order valence-corrected chi connectivity index (χ4v) is 3.88. The van der Waals surface area contributed by atoms with Crippen LogP contribution >= 0.6 is 11.3 Å². The standard InChI is InChI=1S/C15H29N3S/c1-7-15(8-2,18(5)6)13(16-9-3)10-14-17-12(4)11-19-14/h11,13,16H,7-10H2,1-6H3. The highest BCUT2D eigenvalue weighted by molar-refractivity contribution is 7.09.